The quantitative estimate of drug-likeness (QED) is 0.302. The van der Waals surface area contributed by atoms with Gasteiger partial charge in [0, 0.05) is 18.9 Å². The monoisotopic (exact) mass is 343 g/mol. The lowest BCUT2D eigenvalue weighted by atomic mass is 9.81. The fraction of sp³-hybridized carbons (Fsp3) is 0.800. The molecule has 0 aromatic heterocycles. The minimum atomic E-state index is -2.97. The van der Waals surface area contributed by atoms with E-state index in [1.165, 1.54) is 0 Å². The smallest absolute Gasteiger partial charge is 0.291 e. The van der Waals surface area contributed by atoms with Crippen LogP contribution in [-0.4, -0.2) is 17.2 Å². The van der Waals surface area contributed by atoms with Gasteiger partial charge in [0.1, 0.15) is 11.5 Å². The second kappa shape index (κ2) is 11.4. The molecule has 0 aliphatic carbocycles. The van der Waals surface area contributed by atoms with Gasteiger partial charge < -0.3 is 10.1 Å². The van der Waals surface area contributed by atoms with Gasteiger partial charge in [-0.25, -0.2) is 0 Å². The van der Waals surface area contributed by atoms with Gasteiger partial charge in [0.05, 0.1) is 0 Å². The van der Waals surface area contributed by atoms with Crippen LogP contribution in [0.4, 0.5) is 8.78 Å². The Kier molecular flexibility index (Phi) is 10.9. The number of nitrogens with one attached hydrogen (secondary N) is 1. The van der Waals surface area contributed by atoms with E-state index in [0.29, 0.717) is 6.42 Å². The van der Waals surface area contributed by atoms with Gasteiger partial charge in [-0.2, -0.15) is 8.78 Å². The summed E-state index contributed by atoms with van der Waals surface area (Å²) in [5.41, 5.74) is 1.84. The average Bonchev–Trinajstić information content (AvgIpc) is 2.51. The third-order valence-electron chi connectivity index (χ3n) is 4.46. The van der Waals surface area contributed by atoms with Crippen molar-refractivity contribution >= 4 is 5.78 Å². The van der Waals surface area contributed by atoms with Gasteiger partial charge in [-0.3, -0.25) is 0 Å². The largest absolute Gasteiger partial charge is 0.372 e. The molecule has 140 valence electrons. The Morgan fingerprint density at radius 1 is 1.04 bits per heavy atom. The minimum absolute atomic E-state index is 0.183. The Hall–Kier alpha value is -1.15. The van der Waals surface area contributed by atoms with Crippen LogP contribution in [0.25, 0.3) is 0 Å². The van der Waals surface area contributed by atoms with Gasteiger partial charge in [0.15, 0.2) is 0 Å². The van der Waals surface area contributed by atoms with E-state index in [4.69, 9.17) is 0 Å². The summed E-state index contributed by atoms with van der Waals surface area (Å²) >= 11 is 0. The van der Waals surface area contributed by atoms with E-state index < -0.39 is 5.92 Å². The second-order valence-corrected chi connectivity index (χ2v) is 6.96. The molecule has 0 rings (SSSR count). The van der Waals surface area contributed by atoms with Crippen LogP contribution < -0.4 is 5.32 Å². The lowest BCUT2D eigenvalue weighted by molar-refractivity contribution is -0.117. The molecule has 0 atom stereocenters. The predicted octanol–water partition coefficient (Wildman–Crippen LogP) is 6.17. The van der Waals surface area contributed by atoms with Gasteiger partial charge in [-0.1, -0.05) is 52.5 Å². The van der Waals surface area contributed by atoms with Crippen molar-refractivity contribution < 1.29 is 13.6 Å². The number of hydrogen-bond acceptors (Lipinski definition) is 2. The molecule has 0 amide bonds. The number of unbranched alkanes of at least 4 members (excludes halogenated alkanes) is 3. The van der Waals surface area contributed by atoms with Crippen molar-refractivity contribution in [1.82, 2.24) is 5.32 Å². The number of carbonyl (C=O) groups is 1. The molecule has 0 aromatic rings. The first kappa shape index (κ1) is 22.9. The number of halogens is 2. The predicted molar refractivity (Wildman–Crippen MR) is 97.3 cm³/mol. The van der Waals surface area contributed by atoms with Crippen LogP contribution in [-0.2, 0) is 4.79 Å². The highest BCUT2D eigenvalue weighted by Crippen LogP contribution is 2.32. The van der Waals surface area contributed by atoms with Gasteiger partial charge >= 0.3 is 0 Å². The summed E-state index contributed by atoms with van der Waals surface area (Å²) in [5, 5.41) is 3.12. The average molecular weight is 344 g/mol. The summed E-state index contributed by atoms with van der Waals surface area (Å²) < 4.78 is 27.6. The van der Waals surface area contributed by atoms with E-state index in [0.717, 1.165) is 64.7 Å². The van der Waals surface area contributed by atoms with Crippen molar-refractivity contribution in [3.8, 4) is 0 Å². The number of ketones is 1. The maximum Gasteiger partial charge on any atom is 0.291 e. The summed E-state index contributed by atoms with van der Waals surface area (Å²) in [7, 11) is 0. The fourth-order valence-electron chi connectivity index (χ4n) is 3.00. The molecule has 0 spiro atoms. The number of alkyl halides is 2. The van der Waals surface area contributed by atoms with Crippen LogP contribution >= 0.6 is 0 Å². The molecule has 0 bridgehead atoms. The highest BCUT2D eigenvalue weighted by molar-refractivity contribution is 5.75. The van der Waals surface area contributed by atoms with Crippen LogP contribution in [0, 0.1) is 0 Å². The van der Waals surface area contributed by atoms with Crippen molar-refractivity contribution in [3.05, 3.63) is 18.0 Å². The third-order valence-corrected chi connectivity index (χ3v) is 4.46. The van der Waals surface area contributed by atoms with E-state index in [9.17, 15) is 13.6 Å². The molecule has 0 unspecified atom stereocenters. The number of hydrogen-bond donors (Lipinski definition) is 1. The number of allylic oxidation sites excluding steroid dienone is 1. The molecule has 1 N–H and O–H groups in total. The van der Waals surface area contributed by atoms with Crippen molar-refractivity contribution in [2.45, 2.75) is 103 Å². The van der Waals surface area contributed by atoms with Gasteiger partial charge in [-0.15, -0.1) is 5.73 Å². The van der Waals surface area contributed by atoms with Gasteiger partial charge in [0.2, 0.25) is 0 Å². The Balaban J connectivity index is 5.23. The zero-order chi connectivity index (χ0) is 18.6. The topological polar surface area (TPSA) is 29.1 Å². The Morgan fingerprint density at radius 3 is 1.92 bits per heavy atom. The molecule has 0 saturated carbocycles. The molecule has 0 aliphatic heterocycles. The summed E-state index contributed by atoms with van der Waals surface area (Å²) in [6.07, 6.45) is 8.76. The molecular weight excluding hydrogens is 308 g/mol. The van der Waals surface area contributed by atoms with Crippen molar-refractivity contribution in [2.75, 3.05) is 0 Å². The number of carbonyl (C=O) groups excluding carboxylic acids is 1. The zero-order valence-corrected chi connectivity index (χ0v) is 15.9. The molecule has 0 fully saturated rings. The first-order valence-electron chi connectivity index (χ1n) is 9.26. The Bertz CT molecular complexity index is 412. The van der Waals surface area contributed by atoms with Crippen molar-refractivity contribution in [3.63, 3.8) is 0 Å². The highest BCUT2D eigenvalue weighted by Gasteiger charge is 2.36. The molecule has 24 heavy (non-hydrogen) atoms. The van der Waals surface area contributed by atoms with Crippen molar-refractivity contribution in [2.24, 2.45) is 0 Å². The van der Waals surface area contributed by atoms with E-state index in [-0.39, 0.29) is 17.0 Å². The van der Waals surface area contributed by atoms with E-state index in [2.05, 4.69) is 31.5 Å². The summed E-state index contributed by atoms with van der Waals surface area (Å²) in [5.74, 6) is -2.78. The first-order valence-corrected chi connectivity index (χ1v) is 9.26. The van der Waals surface area contributed by atoms with Crippen LogP contribution in [0.15, 0.2) is 18.0 Å². The molecule has 2 nitrogen and oxygen atoms in total. The highest BCUT2D eigenvalue weighted by atomic mass is 19.3. The molecule has 0 aromatic carbocycles. The Labute approximate surface area is 146 Å². The second-order valence-electron chi connectivity index (χ2n) is 6.96. The molecule has 0 aliphatic rings. The molecule has 0 saturated heterocycles. The SMILES string of the molecule is C=C=C(NC(CCCC)(CCCC)CCCCC(C)=O)C(C)(F)F. The summed E-state index contributed by atoms with van der Waals surface area (Å²) in [6.45, 7) is 10.1. The maximum absolute atomic E-state index is 13.8. The van der Waals surface area contributed by atoms with Crippen LogP contribution in [0.5, 0.6) is 0 Å². The van der Waals surface area contributed by atoms with Gasteiger partial charge in [-0.05, 0) is 32.6 Å². The number of Topliss-reactive ketones (excluding diaryl/α,β-unsaturated/α-hetero) is 1. The van der Waals surface area contributed by atoms with Gasteiger partial charge in [0.25, 0.3) is 5.92 Å². The standard InChI is InChI=1S/C20H35F2NO/c1-6-9-14-20(15-10-7-2,16-12-11-13-17(4)24)23-18(8-3)19(5,21)22/h23H,3,6-7,9-16H2,1-2,4-5H3. The summed E-state index contributed by atoms with van der Waals surface area (Å²) in [6, 6.07) is 0. The molecule has 4 heteroatoms. The Morgan fingerprint density at radius 2 is 1.54 bits per heavy atom. The van der Waals surface area contributed by atoms with Crippen LogP contribution in [0.3, 0.4) is 0 Å². The normalized spacial score (nSPS) is 11.9. The van der Waals surface area contributed by atoms with E-state index in [1.807, 2.05) is 0 Å². The zero-order valence-electron chi connectivity index (χ0n) is 15.9. The molecule has 0 radical (unpaired) electrons. The lowest BCUT2D eigenvalue weighted by Gasteiger charge is -2.38. The first-order chi connectivity index (χ1) is 11.2. The van der Waals surface area contributed by atoms with Crippen LogP contribution in [0.1, 0.15) is 91.9 Å². The lowest BCUT2D eigenvalue weighted by Crippen LogP contribution is -2.47. The molecule has 0 heterocycles. The maximum atomic E-state index is 13.8. The third kappa shape index (κ3) is 9.22. The summed E-state index contributed by atoms with van der Waals surface area (Å²) in [4.78, 5) is 11.1. The molecular formula is C20H35F2NO. The van der Waals surface area contributed by atoms with Crippen LogP contribution in [0.2, 0.25) is 0 Å². The van der Waals surface area contributed by atoms with Crippen molar-refractivity contribution in [1.29, 1.82) is 0 Å². The number of rotatable bonds is 14. The minimum Gasteiger partial charge on any atom is -0.372 e. The van der Waals surface area contributed by atoms with E-state index in [1.54, 1.807) is 6.92 Å². The fourth-order valence-corrected chi connectivity index (χ4v) is 3.00. The van der Waals surface area contributed by atoms with E-state index >= 15 is 0 Å².